The van der Waals surface area contributed by atoms with Crippen LogP contribution in [0.4, 0.5) is 0 Å². The Morgan fingerprint density at radius 3 is 2.29 bits per heavy atom. The van der Waals surface area contributed by atoms with Crippen molar-refractivity contribution in [3.05, 3.63) is 35.9 Å². The van der Waals surface area contributed by atoms with Crippen LogP contribution in [0.2, 0.25) is 0 Å². The Morgan fingerprint density at radius 1 is 1.12 bits per heavy atom. The Morgan fingerprint density at radius 2 is 1.76 bits per heavy atom. The molecule has 2 rings (SSSR count). The zero-order valence-corrected chi connectivity index (χ0v) is 11.3. The predicted molar refractivity (Wildman–Crippen MR) is 74.0 cm³/mol. The van der Waals surface area contributed by atoms with Gasteiger partial charge in [-0.15, -0.1) is 0 Å². The molecule has 1 nitrogen and oxygen atoms in total. The summed E-state index contributed by atoms with van der Waals surface area (Å²) in [7, 11) is 0. The summed E-state index contributed by atoms with van der Waals surface area (Å²) in [4.78, 5) is 0. The lowest BCUT2D eigenvalue weighted by atomic mass is 9.99. The van der Waals surface area contributed by atoms with Crippen molar-refractivity contribution in [2.24, 2.45) is 11.8 Å². The van der Waals surface area contributed by atoms with Gasteiger partial charge in [-0.05, 0) is 43.6 Å². The third-order valence-electron chi connectivity index (χ3n) is 3.54. The Labute approximate surface area is 106 Å². The van der Waals surface area contributed by atoms with Crippen LogP contribution in [-0.2, 0) is 0 Å². The Bertz CT molecular complexity index is 327. The molecule has 17 heavy (non-hydrogen) atoms. The average molecular weight is 231 g/mol. The van der Waals surface area contributed by atoms with Gasteiger partial charge in [0.15, 0.2) is 0 Å². The minimum absolute atomic E-state index is 0.574. The lowest BCUT2D eigenvalue weighted by molar-refractivity contribution is 0.372. The summed E-state index contributed by atoms with van der Waals surface area (Å²) in [6, 6.07) is 12.1. The summed E-state index contributed by atoms with van der Waals surface area (Å²) in [6.07, 6.45) is 4.04. The normalized spacial score (nSPS) is 19.3. The molecule has 2 unspecified atom stereocenters. The molecule has 0 aliphatic heterocycles. The number of rotatable bonds is 6. The SMILES string of the molecule is CC(C)CC(C)NC(c1ccccc1)C1CC1. The second-order valence-electron chi connectivity index (χ2n) is 5.92. The van der Waals surface area contributed by atoms with Gasteiger partial charge in [-0.3, -0.25) is 0 Å². The van der Waals surface area contributed by atoms with Gasteiger partial charge in [0.1, 0.15) is 0 Å². The van der Waals surface area contributed by atoms with Crippen molar-refractivity contribution in [2.45, 2.75) is 52.1 Å². The molecule has 0 radical (unpaired) electrons. The number of benzene rings is 1. The van der Waals surface area contributed by atoms with E-state index in [9.17, 15) is 0 Å². The van der Waals surface area contributed by atoms with Crippen LogP contribution < -0.4 is 5.32 Å². The van der Waals surface area contributed by atoms with Crippen LogP contribution in [0.5, 0.6) is 0 Å². The fourth-order valence-electron chi connectivity index (χ4n) is 2.68. The second-order valence-corrected chi connectivity index (χ2v) is 5.92. The first-order valence-corrected chi connectivity index (χ1v) is 6.98. The van der Waals surface area contributed by atoms with Crippen molar-refractivity contribution in [1.29, 1.82) is 0 Å². The highest BCUT2D eigenvalue weighted by Crippen LogP contribution is 2.41. The van der Waals surface area contributed by atoms with Crippen molar-refractivity contribution in [3.63, 3.8) is 0 Å². The molecule has 1 fully saturated rings. The fraction of sp³-hybridized carbons (Fsp3) is 0.625. The molecule has 0 aromatic heterocycles. The largest absolute Gasteiger partial charge is 0.307 e. The maximum Gasteiger partial charge on any atom is 0.0350 e. The molecule has 1 aliphatic carbocycles. The van der Waals surface area contributed by atoms with Crippen LogP contribution in [-0.4, -0.2) is 6.04 Å². The van der Waals surface area contributed by atoms with E-state index in [0.29, 0.717) is 12.1 Å². The summed E-state index contributed by atoms with van der Waals surface area (Å²) in [5, 5.41) is 3.83. The summed E-state index contributed by atoms with van der Waals surface area (Å²) in [6.45, 7) is 6.91. The first-order valence-electron chi connectivity index (χ1n) is 6.98. The van der Waals surface area contributed by atoms with Crippen molar-refractivity contribution in [3.8, 4) is 0 Å². The Hall–Kier alpha value is -0.820. The van der Waals surface area contributed by atoms with Crippen LogP contribution in [0.25, 0.3) is 0 Å². The number of hydrogen-bond donors (Lipinski definition) is 1. The minimum Gasteiger partial charge on any atom is -0.307 e. The minimum atomic E-state index is 0.574. The van der Waals surface area contributed by atoms with Gasteiger partial charge in [-0.2, -0.15) is 0 Å². The zero-order valence-electron chi connectivity index (χ0n) is 11.3. The molecule has 1 aromatic carbocycles. The fourth-order valence-corrected chi connectivity index (χ4v) is 2.68. The molecule has 1 aromatic rings. The van der Waals surface area contributed by atoms with Crippen LogP contribution in [0, 0.1) is 11.8 Å². The second kappa shape index (κ2) is 5.68. The van der Waals surface area contributed by atoms with Gasteiger partial charge >= 0.3 is 0 Å². The molecule has 0 heterocycles. The molecule has 1 N–H and O–H groups in total. The predicted octanol–water partition coefficient (Wildman–Crippen LogP) is 4.16. The highest BCUT2D eigenvalue weighted by molar-refractivity contribution is 5.21. The molecule has 0 amide bonds. The van der Waals surface area contributed by atoms with E-state index in [0.717, 1.165) is 11.8 Å². The van der Waals surface area contributed by atoms with Gasteiger partial charge in [0.25, 0.3) is 0 Å². The van der Waals surface area contributed by atoms with Crippen LogP contribution >= 0.6 is 0 Å². The van der Waals surface area contributed by atoms with E-state index < -0.39 is 0 Å². The number of nitrogens with one attached hydrogen (secondary N) is 1. The van der Waals surface area contributed by atoms with E-state index in [1.54, 1.807) is 0 Å². The number of hydrogen-bond acceptors (Lipinski definition) is 1. The quantitative estimate of drug-likeness (QED) is 0.775. The van der Waals surface area contributed by atoms with Crippen LogP contribution in [0.15, 0.2) is 30.3 Å². The van der Waals surface area contributed by atoms with Gasteiger partial charge in [0.05, 0.1) is 0 Å². The van der Waals surface area contributed by atoms with Gasteiger partial charge < -0.3 is 5.32 Å². The molecule has 0 saturated heterocycles. The molecule has 1 aliphatic rings. The van der Waals surface area contributed by atoms with E-state index in [1.807, 2.05) is 0 Å². The van der Waals surface area contributed by atoms with Crippen molar-refractivity contribution in [2.75, 3.05) is 0 Å². The first kappa shape index (κ1) is 12.6. The lowest BCUT2D eigenvalue weighted by Crippen LogP contribution is -2.32. The standard InChI is InChI=1S/C16H25N/c1-12(2)11-13(3)17-16(15-9-10-15)14-7-5-4-6-8-14/h4-8,12-13,15-17H,9-11H2,1-3H3. The average Bonchev–Trinajstić information content (AvgIpc) is 3.10. The highest BCUT2D eigenvalue weighted by Gasteiger charge is 2.32. The Balaban J connectivity index is 1.98. The maximum atomic E-state index is 3.83. The zero-order chi connectivity index (χ0) is 12.3. The molecular weight excluding hydrogens is 206 g/mol. The molecule has 94 valence electrons. The lowest BCUT2D eigenvalue weighted by Gasteiger charge is -2.25. The van der Waals surface area contributed by atoms with Crippen LogP contribution in [0.3, 0.4) is 0 Å². The Kier molecular flexibility index (Phi) is 4.22. The van der Waals surface area contributed by atoms with Gasteiger partial charge in [0, 0.05) is 12.1 Å². The molecule has 1 heteroatoms. The summed E-state index contributed by atoms with van der Waals surface area (Å²) in [5.74, 6) is 1.64. The topological polar surface area (TPSA) is 12.0 Å². The van der Waals surface area contributed by atoms with E-state index in [1.165, 1.54) is 24.8 Å². The molecule has 0 spiro atoms. The van der Waals surface area contributed by atoms with Gasteiger partial charge in [0.2, 0.25) is 0 Å². The highest BCUT2D eigenvalue weighted by atomic mass is 15.0. The van der Waals surface area contributed by atoms with Crippen LogP contribution in [0.1, 0.15) is 51.6 Å². The molecule has 1 saturated carbocycles. The molecule has 0 bridgehead atoms. The monoisotopic (exact) mass is 231 g/mol. The maximum absolute atomic E-state index is 3.83. The van der Waals surface area contributed by atoms with Crippen molar-refractivity contribution in [1.82, 2.24) is 5.32 Å². The van der Waals surface area contributed by atoms with Gasteiger partial charge in [-0.25, -0.2) is 0 Å². The molecular formula is C16H25N. The van der Waals surface area contributed by atoms with E-state index >= 15 is 0 Å². The van der Waals surface area contributed by atoms with E-state index in [-0.39, 0.29) is 0 Å². The van der Waals surface area contributed by atoms with Crippen molar-refractivity contribution >= 4 is 0 Å². The molecule has 2 atom stereocenters. The van der Waals surface area contributed by atoms with E-state index in [4.69, 9.17) is 0 Å². The summed E-state index contributed by atoms with van der Waals surface area (Å²) in [5.41, 5.74) is 1.46. The summed E-state index contributed by atoms with van der Waals surface area (Å²) >= 11 is 0. The summed E-state index contributed by atoms with van der Waals surface area (Å²) < 4.78 is 0. The van der Waals surface area contributed by atoms with Crippen molar-refractivity contribution < 1.29 is 0 Å². The smallest absolute Gasteiger partial charge is 0.0350 e. The van der Waals surface area contributed by atoms with Gasteiger partial charge in [-0.1, -0.05) is 44.2 Å². The first-order chi connectivity index (χ1) is 8.16. The third-order valence-corrected chi connectivity index (χ3v) is 3.54. The van der Waals surface area contributed by atoms with E-state index in [2.05, 4.69) is 56.4 Å². The third kappa shape index (κ3) is 3.85.